The standard InChI is InChI=1S/C12H16O5/c13-7-9-10(14)12(16,11(15)17-9)6-8-4-2-1-3-5-8/h1-5,9-11,13-16H,6-7H2/t9-,10-,11+,12+/m1/s1. The van der Waals surface area contributed by atoms with Gasteiger partial charge in [-0.3, -0.25) is 0 Å². The number of hydrogen-bond donors (Lipinski definition) is 4. The van der Waals surface area contributed by atoms with Crippen molar-refractivity contribution in [2.45, 2.75) is 30.5 Å². The van der Waals surface area contributed by atoms with E-state index >= 15 is 0 Å². The largest absolute Gasteiger partial charge is 0.394 e. The maximum atomic E-state index is 10.2. The molecule has 0 unspecified atom stereocenters. The van der Waals surface area contributed by atoms with Gasteiger partial charge in [0, 0.05) is 6.42 Å². The minimum absolute atomic E-state index is 0.0622. The van der Waals surface area contributed by atoms with E-state index in [9.17, 15) is 15.3 Å². The van der Waals surface area contributed by atoms with E-state index < -0.39 is 30.7 Å². The van der Waals surface area contributed by atoms with Crippen LogP contribution < -0.4 is 0 Å². The molecule has 1 aromatic carbocycles. The zero-order chi connectivity index (χ0) is 12.5. The highest BCUT2D eigenvalue weighted by molar-refractivity contribution is 5.19. The van der Waals surface area contributed by atoms with E-state index in [-0.39, 0.29) is 6.42 Å². The van der Waals surface area contributed by atoms with Crippen LogP contribution in [-0.4, -0.2) is 51.1 Å². The van der Waals surface area contributed by atoms with Gasteiger partial charge in [-0.1, -0.05) is 30.3 Å². The molecule has 1 heterocycles. The molecule has 94 valence electrons. The summed E-state index contributed by atoms with van der Waals surface area (Å²) in [5.41, 5.74) is -1.01. The zero-order valence-electron chi connectivity index (χ0n) is 9.23. The van der Waals surface area contributed by atoms with Crippen molar-refractivity contribution < 1.29 is 25.2 Å². The summed E-state index contributed by atoms with van der Waals surface area (Å²) in [4.78, 5) is 0. The molecule has 1 saturated heterocycles. The highest BCUT2D eigenvalue weighted by Crippen LogP contribution is 2.32. The lowest BCUT2D eigenvalue weighted by Gasteiger charge is -2.28. The number of benzene rings is 1. The van der Waals surface area contributed by atoms with Gasteiger partial charge < -0.3 is 25.2 Å². The van der Waals surface area contributed by atoms with E-state index in [1.54, 1.807) is 24.3 Å². The Labute approximate surface area is 98.9 Å². The fraction of sp³-hybridized carbons (Fsp3) is 0.500. The molecular formula is C12H16O5. The zero-order valence-corrected chi connectivity index (χ0v) is 9.23. The van der Waals surface area contributed by atoms with Gasteiger partial charge in [-0.05, 0) is 5.56 Å². The topological polar surface area (TPSA) is 90.2 Å². The van der Waals surface area contributed by atoms with Crippen LogP contribution in [0.4, 0.5) is 0 Å². The van der Waals surface area contributed by atoms with Crippen molar-refractivity contribution in [1.82, 2.24) is 0 Å². The summed E-state index contributed by atoms with van der Waals surface area (Å²) in [6.07, 6.45) is -3.72. The lowest BCUT2D eigenvalue weighted by molar-refractivity contribution is -0.176. The molecule has 4 N–H and O–H groups in total. The number of rotatable bonds is 3. The first-order chi connectivity index (χ1) is 8.08. The van der Waals surface area contributed by atoms with E-state index in [1.807, 2.05) is 6.07 Å². The SMILES string of the molecule is OC[C@H]1O[C@H](O)[C@](O)(Cc2ccccc2)[C@@H]1O. The summed E-state index contributed by atoms with van der Waals surface area (Å²) in [7, 11) is 0. The minimum Gasteiger partial charge on any atom is -0.394 e. The molecule has 0 radical (unpaired) electrons. The van der Waals surface area contributed by atoms with Gasteiger partial charge in [0.05, 0.1) is 6.61 Å². The molecule has 0 aromatic heterocycles. The van der Waals surface area contributed by atoms with Crippen LogP contribution in [0.1, 0.15) is 5.56 Å². The van der Waals surface area contributed by atoms with Crippen LogP contribution in [0.2, 0.25) is 0 Å². The lowest BCUT2D eigenvalue weighted by Crippen LogP contribution is -2.50. The van der Waals surface area contributed by atoms with Gasteiger partial charge in [-0.25, -0.2) is 0 Å². The van der Waals surface area contributed by atoms with E-state index in [0.29, 0.717) is 0 Å². The van der Waals surface area contributed by atoms with Crippen LogP contribution in [0, 0.1) is 0 Å². The van der Waals surface area contributed by atoms with Gasteiger partial charge in [0.25, 0.3) is 0 Å². The Balaban J connectivity index is 2.18. The third-order valence-electron chi connectivity index (χ3n) is 3.11. The number of ether oxygens (including phenoxy) is 1. The molecule has 4 atom stereocenters. The van der Waals surface area contributed by atoms with E-state index in [2.05, 4.69) is 0 Å². The summed E-state index contributed by atoms with van der Waals surface area (Å²) >= 11 is 0. The second kappa shape index (κ2) is 4.72. The second-order valence-electron chi connectivity index (χ2n) is 4.31. The molecule has 0 amide bonds. The lowest BCUT2D eigenvalue weighted by atomic mass is 9.88. The van der Waals surface area contributed by atoms with E-state index in [4.69, 9.17) is 9.84 Å². The summed E-state index contributed by atoms with van der Waals surface area (Å²) in [5.74, 6) is 0. The summed E-state index contributed by atoms with van der Waals surface area (Å²) in [5, 5.41) is 38.7. The molecule has 0 spiro atoms. The van der Waals surface area contributed by atoms with Gasteiger partial charge in [-0.15, -0.1) is 0 Å². The monoisotopic (exact) mass is 240 g/mol. The first-order valence-corrected chi connectivity index (χ1v) is 5.46. The summed E-state index contributed by atoms with van der Waals surface area (Å²) in [6.45, 7) is -0.449. The van der Waals surface area contributed by atoms with Crippen LogP contribution in [0.5, 0.6) is 0 Å². The Morgan fingerprint density at radius 2 is 1.82 bits per heavy atom. The van der Waals surface area contributed by atoms with Crippen molar-refractivity contribution in [2.24, 2.45) is 0 Å². The van der Waals surface area contributed by atoms with Crippen molar-refractivity contribution in [3.8, 4) is 0 Å². The highest BCUT2D eigenvalue weighted by Gasteiger charge is 2.54. The van der Waals surface area contributed by atoms with E-state index in [0.717, 1.165) is 5.56 Å². The molecule has 2 rings (SSSR count). The fourth-order valence-electron chi connectivity index (χ4n) is 2.08. The average molecular weight is 240 g/mol. The molecule has 0 bridgehead atoms. The van der Waals surface area contributed by atoms with Crippen LogP contribution in [0.3, 0.4) is 0 Å². The smallest absolute Gasteiger partial charge is 0.187 e. The minimum atomic E-state index is -1.78. The van der Waals surface area contributed by atoms with Crippen molar-refractivity contribution in [1.29, 1.82) is 0 Å². The normalized spacial score (nSPS) is 37.3. The highest BCUT2D eigenvalue weighted by atomic mass is 16.7. The molecule has 5 heteroatoms. The molecule has 5 nitrogen and oxygen atoms in total. The Hall–Kier alpha value is -0.980. The van der Waals surface area contributed by atoms with Crippen LogP contribution in [-0.2, 0) is 11.2 Å². The maximum Gasteiger partial charge on any atom is 0.187 e. The number of aliphatic hydroxyl groups excluding tert-OH is 3. The molecule has 1 aliphatic heterocycles. The third-order valence-corrected chi connectivity index (χ3v) is 3.11. The first-order valence-electron chi connectivity index (χ1n) is 5.46. The Morgan fingerprint density at radius 3 is 2.35 bits per heavy atom. The van der Waals surface area contributed by atoms with Gasteiger partial charge in [0.2, 0.25) is 0 Å². The molecule has 1 aliphatic rings. The Kier molecular flexibility index (Phi) is 3.46. The molecule has 0 saturated carbocycles. The quantitative estimate of drug-likeness (QED) is 0.546. The van der Waals surface area contributed by atoms with Gasteiger partial charge >= 0.3 is 0 Å². The third kappa shape index (κ3) is 2.20. The Morgan fingerprint density at radius 1 is 1.18 bits per heavy atom. The van der Waals surface area contributed by atoms with Crippen molar-refractivity contribution >= 4 is 0 Å². The van der Waals surface area contributed by atoms with Gasteiger partial charge in [0.15, 0.2) is 6.29 Å². The van der Waals surface area contributed by atoms with Crippen molar-refractivity contribution in [2.75, 3.05) is 6.61 Å². The average Bonchev–Trinajstić information content (AvgIpc) is 2.55. The maximum absolute atomic E-state index is 10.2. The summed E-state index contributed by atoms with van der Waals surface area (Å²) in [6, 6.07) is 9.00. The van der Waals surface area contributed by atoms with Gasteiger partial charge in [0.1, 0.15) is 17.8 Å². The first kappa shape index (κ1) is 12.5. The van der Waals surface area contributed by atoms with Gasteiger partial charge in [-0.2, -0.15) is 0 Å². The van der Waals surface area contributed by atoms with Crippen molar-refractivity contribution in [3.63, 3.8) is 0 Å². The van der Waals surface area contributed by atoms with Crippen LogP contribution in [0.25, 0.3) is 0 Å². The van der Waals surface area contributed by atoms with Crippen LogP contribution in [0.15, 0.2) is 30.3 Å². The molecule has 1 aromatic rings. The van der Waals surface area contributed by atoms with E-state index in [1.165, 1.54) is 0 Å². The fourth-order valence-corrected chi connectivity index (χ4v) is 2.08. The predicted molar refractivity (Wildman–Crippen MR) is 59.1 cm³/mol. The number of aliphatic hydroxyl groups is 4. The summed E-state index contributed by atoms with van der Waals surface area (Å²) < 4.78 is 4.92. The van der Waals surface area contributed by atoms with Crippen LogP contribution >= 0.6 is 0 Å². The predicted octanol–water partition coefficient (Wildman–Crippen LogP) is -0.969. The van der Waals surface area contributed by atoms with Crippen molar-refractivity contribution in [3.05, 3.63) is 35.9 Å². The number of hydrogen-bond acceptors (Lipinski definition) is 5. The Bertz CT molecular complexity index is 368. The molecule has 0 aliphatic carbocycles. The second-order valence-corrected chi connectivity index (χ2v) is 4.31. The molecule has 17 heavy (non-hydrogen) atoms. The molecule has 1 fully saturated rings. The molecular weight excluding hydrogens is 224 g/mol.